The molecule has 0 aliphatic carbocycles. The Bertz CT molecular complexity index is 1190. The zero-order valence-electron chi connectivity index (χ0n) is 18.1. The second-order valence-corrected chi connectivity index (χ2v) is 8.91. The summed E-state index contributed by atoms with van der Waals surface area (Å²) in [6.07, 6.45) is -0.886. The molecule has 0 bridgehead atoms. The Morgan fingerprint density at radius 2 is 1.47 bits per heavy atom. The van der Waals surface area contributed by atoms with E-state index < -0.39 is 18.1 Å². The summed E-state index contributed by atoms with van der Waals surface area (Å²) in [5.41, 5.74) is 5.19. The van der Waals surface area contributed by atoms with Crippen LogP contribution in [-0.4, -0.2) is 17.9 Å². The van der Waals surface area contributed by atoms with E-state index in [1.807, 2.05) is 75.4 Å². The fourth-order valence-corrected chi connectivity index (χ4v) is 5.08. The first kappa shape index (κ1) is 20.7. The molecule has 5 rings (SSSR count). The highest BCUT2D eigenvalue weighted by Crippen LogP contribution is 2.48. The Morgan fingerprint density at radius 1 is 0.844 bits per heavy atom. The van der Waals surface area contributed by atoms with Gasteiger partial charge < -0.3 is 0 Å². The van der Waals surface area contributed by atoms with Gasteiger partial charge in [0.2, 0.25) is 5.91 Å². The number of nitrogens with zero attached hydrogens (tertiary/aromatic N) is 2. The summed E-state index contributed by atoms with van der Waals surface area (Å²) in [5, 5.41) is 2.30. The SMILES string of the molecule is Cc1cc(C)c(N2C(=O)[C@H]3[C@@H](c4ccc(Cl)cc4)N(c4ccccc4)O[C@H]3C2=O)c(C)c1. The highest BCUT2D eigenvalue weighted by Gasteiger charge is 2.60. The number of para-hydroxylation sites is 1. The first-order valence-corrected chi connectivity index (χ1v) is 11.0. The lowest BCUT2D eigenvalue weighted by atomic mass is 9.90. The van der Waals surface area contributed by atoms with Gasteiger partial charge in [-0.3, -0.25) is 14.4 Å². The summed E-state index contributed by atoms with van der Waals surface area (Å²) in [6.45, 7) is 5.86. The number of hydrogen-bond acceptors (Lipinski definition) is 4. The van der Waals surface area contributed by atoms with E-state index in [1.165, 1.54) is 4.90 Å². The molecule has 5 nitrogen and oxygen atoms in total. The topological polar surface area (TPSA) is 49.9 Å². The third kappa shape index (κ3) is 3.20. The molecule has 0 radical (unpaired) electrons. The Morgan fingerprint density at radius 3 is 2.09 bits per heavy atom. The number of hydrogen-bond donors (Lipinski definition) is 0. The van der Waals surface area contributed by atoms with Crippen molar-refractivity contribution >= 4 is 34.8 Å². The van der Waals surface area contributed by atoms with E-state index in [0.717, 1.165) is 27.9 Å². The minimum atomic E-state index is -0.886. The number of aryl methyl sites for hydroxylation is 3. The predicted octanol–water partition coefficient (Wildman–Crippen LogP) is 5.32. The van der Waals surface area contributed by atoms with Crippen LogP contribution in [0.5, 0.6) is 0 Å². The summed E-state index contributed by atoms with van der Waals surface area (Å²) in [7, 11) is 0. The number of halogens is 1. The average Bonchev–Trinajstić information content (AvgIpc) is 3.26. The van der Waals surface area contributed by atoms with Gasteiger partial charge in [0.05, 0.1) is 17.4 Å². The van der Waals surface area contributed by atoms with Crippen LogP contribution in [0.4, 0.5) is 11.4 Å². The van der Waals surface area contributed by atoms with Crippen LogP contribution in [0.15, 0.2) is 66.7 Å². The van der Waals surface area contributed by atoms with Crippen molar-refractivity contribution in [3.05, 3.63) is 94.0 Å². The van der Waals surface area contributed by atoms with E-state index in [2.05, 4.69) is 0 Å². The second kappa shape index (κ2) is 7.76. The Balaban J connectivity index is 1.61. The molecule has 3 atom stereocenters. The Labute approximate surface area is 192 Å². The molecule has 2 heterocycles. The maximum Gasteiger partial charge on any atom is 0.266 e. The zero-order valence-corrected chi connectivity index (χ0v) is 18.8. The van der Waals surface area contributed by atoms with Crippen LogP contribution in [0.25, 0.3) is 0 Å². The quantitative estimate of drug-likeness (QED) is 0.511. The molecule has 3 aromatic rings. The highest BCUT2D eigenvalue weighted by atomic mass is 35.5. The van der Waals surface area contributed by atoms with E-state index >= 15 is 0 Å². The van der Waals surface area contributed by atoms with Gasteiger partial charge in [-0.05, 0) is 61.7 Å². The van der Waals surface area contributed by atoms with Crippen LogP contribution in [0.1, 0.15) is 28.3 Å². The first-order valence-electron chi connectivity index (χ1n) is 10.6. The summed E-state index contributed by atoms with van der Waals surface area (Å²) in [4.78, 5) is 34.8. The molecule has 0 aromatic heterocycles. The van der Waals surface area contributed by atoms with Gasteiger partial charge in [-0.1, -0.05) is 59.6 Å². The van der Waals surface area contributed by atoms with Crippen LogP contribution < -0.4 is 9.96 Å². The summed E-state index contributed by atoms with van der Waals surface area (Å²) in [5.74, 6) is -1.23. The van der Waals surface area contributed by atoms with Crippen LogP contribution >= 0.6 is 11.6 Å². The molecule has 2 aliphatic rings. The van der Waals surface area contributed by atoms with Crippen LogP contribution in [0.2, 0.25) is 5.02 Å². The van der Waals surface area contributed by atoms with Gasteiger partial charge in [0.15, 0.2) is 6.10 Å². The lowest BCUT2D eigenvalue weighted by molar-refractivity contribution is -0.126. The van der Waals surface area contributed by atoms with Crippen molar-refractivity contribution in [2.24, 2.45) is 5.92 Å². The molecule has 162 valence electrons. The van der Waals surface area contributed by atoms with Crippen molar-refractivity contribution in [1.29, 1.82) is 0 Å². The van der Waals surface area contributed by atoms with Crippen molar-refractivity contribution in [2.45, 2.75) is 32.9 Å². The summed E-state index contributed by atoms with van der Waals surface area (Å²) < 4.78 is 0. The van der Waals surface area contributed by atoms with Gasteiger partial charge in [-0.2, -0.15) is 0 Å². The standard InChI is InChI=1S/C26H23ClN2O3/c1-15-13-16(2)22(17(3)14-15)28-25(30)21-23(18-9-11-19(27)12-10-18)29(32-24(21)26(28)31)20-7-5-4-6-8-20/h4-14,21,23-24H,1-3H3/t21-,23+,24+/m0/s1. The summed E-state index contributed by atoms with van der Waals surface area (Å²) in [6, 6.07) is 20.4. The molecule has 32 heavy (non-hydrogen) atoms. The average molecular weight is 447 g/mol. The number of hydroxylamine groups is 1. The van der Waals surface area contributed by atoms with Crippen molar-refractivity contribution in [3.63, 3.8) is 0 Å². The molecule has 2 aliphatic heterocycles. The maximum absolute atomic E-state index is 13.8. The molecule has 0 N–H and O–H groups in total. The molecule has 0 unspecified atom stereocenters. The van der Waals surface area contributed by atoms with Crippen molar-refractivity contribution < 1.29 is 14.4 Å². The molecular formula is C26H23ClN2O3. The lowest BCUT2D eigenvalue weighted by Crippen LogP contribution is -2.38. The molecule has 2 saturated heterocycles. The van der Waals surface area contributed by atoms with Crippen LogP contribution in [0.3, 0.4) is 0 Å². The van der Waals surface area contributed by atoms with E-state index in [4.69, 9.17) is 16.4 Å². The second-order valence-electron chi connectivity index (χ2n) is 8.47. The van der Waals surface area contributed by atoms with E-state index in [0.29, 0.717) is 10.7 Å². The van der Waals surface area contributed by atoms with Gasteiger partial charge >= 0.3 is 0 Å². The molecule has 0 saturated carbocycles. The number of imide groups is 1. The number of fused-ring (bicyclic) bond motifs is 1. The first-order chi connectivity index (χ1) is 15.4. The number of carbonyl (C=O) groups excluding carboxylic acids is 2. The van der Waals surface area contributed by atoms with Gasteiger partial charge in [-0.25, -0.2) is 9.96 Å². The van der Waals surface area contributed by atoms with Crippen molar-refractivity contribution in [2.75, 3.05) is 9.96 Å². The van der Waals surface area contributed by atoms with Gasteiger partial charge in [0, 0.05) is 5.02 Å². The van der Waals surface area contributed by atoms with Crippen molar-refractivity contribution in [3.8, 4) is 0 Å². The maximum atomic E-state index is 13.8. The number of carbonyl (C=O) groups is 2. The monoisotopic (exact) mass is 446 g/mol. The smallest absolute Gasteiger partial charge is 0.266 e. The molecular weight excluding hydrogens is 424 g/mol. The van der Waals surface area contributed by atoms with Gasteiger partial charge in [0.25, 0.3) is 5.91 Å². The Hall–Kier alpha value is -3.15. The fourth-order valence-electron chi connectivity index (χ4n) is 4.96. The molecule has 2 amide bonds. The van der Waals surface area contributed by atoms with Crippen LogP contribution in [0, 0.1) is 26.7 Å². The highest BCUT2D eigenvalue weighted by molar-refractivity contribution is 6.30. The minimum Gasteiger partial charge on any atom is -0.273 e. The normalized spacial score (nSPS) is 22.6. The van der Waals surface area contributed by atoms with E-state index in [9.17, 15) is 9.59 Å². The molecule has 0 spiro atoms. The zero-order chi connectivity index (χ0) is 22.6. The summed E-state index contributed by atoms with van der Waals surface area (Å²) >= 11 is 6.11. The minimum absolute atomic E-state index is 0.242. The molecule has 6 heteroatoms. The molecule has 3 aromatic carbocycles. The number of rotatable bonds is 3. The van der Waals surface area contributed by atoms with E-state index in [1.54, 1.807) is 17.2 Å². The number of anilines is 2. The van der Waals surface area contributed by atoms with Gasteiger partial charge in [-0.15, -0.1) is 0 Å². The number of benzene rings is 3. The lowest BCUT2D eigenvalue weighted by Gasteiger charge is -2.29. The fraction of sp³-hybridized carbons (Fsp3) is 0.231. The van der Waals surface area contributed by atoms with Gasteiger partial charge in [0.1, 0.15) is 5.92 Å². The van der Waals surface area contributed by atoms with Crippen molar-refractivity contribution in [1.82, 2.24) is 0 Å². The largest absolute Gasteiger partial charge is 0.273 e. The number of amides is 2. The third-order valence-corrected chi connectivity index (χ3v) is 6.45. The van der Waals surface area contributed by atoms with E-state index in [-0.39, 0.29) is 11.8 Å². The Kier molecular flexibility index (Phi) is 5.03. The predicted molar refractivity (Wildman–Crippen MR) is 125 cm³/mol. The third-order valence-electron chi connectivity index (χ3n) is 6.20. The van der Waals surface area contributed by atoms with Crippen LogP contribution in [-0.2, 0) is 14.4 Å². The molecule has 2 fully saturated rings.